The number of ether oxygens (including phenoxy) is 1. The minimum Gasteiger partial charge on any atom is -0.496 e. The van der Waals surface area contributed by atoms with E-state index in [1.807, 2.05) is 6.07 Å². The molecule has 5 rings (SSSR count). The van der Waals surface area contributed by atoms with Crippen LogP contribution in [0.4, 0.5) is 0 Å². The van der Waals surface area contributed by atoms with Crippen molar-refractivity contribution < 1.29 is 4.74 Å². The summed E-state index contributed by atoms with van der Waals surface area (Å²) in [5.74, 6) is 1.37. The molecule has 4 heterocycles. The molecule has 29 heavy (non-hydrogen) atoms. The van der Waals surface area contributed by atoms with E-state index in [0.29, 0.717) is 5.92 Å². The molecule has 0 spiro atoms. The van der Waals surface area contributed by atoms with E-state index in [9.17, 15) is 0 Å². The lowest BCUT2D eigenvalue weighted by atomic mass is 9.93. The van der Waals surface area contributed by atoms with Crippen LogP contribution in [0.5, 0.6) is 5.75 Å². The average molecular weight is 386 g/mol. The fourth-order valence-corrected chi connectivity index (χ4v) is 4.38. The van der Waals surface area contributed by atoms with E-state index in [0.717, 1.165) is 57.7 Å². The summed E-state index contributed by atoms with van der Waals surface area (Å²) in [6.07, 6.45) is 2.35. The van der Waals surface area contributed by atoms with Gasteiger partial charge in [0.25, 0.3) is 0 Å². The van der Waals surface area contributed by atoms with Crippen molar-refractivity contribution in [3.63, 3.8) is 0 Å². The van der Waals surface area contributed by atoms with Gasteiger partial charge in [-0.3, -0.25) is 4.98 Å². The second kappa shape index (κ2) is 7.16. The first-order valence-electron chi connectivity index (χ1n) is 10.2. The number of nitrogens with one attached hydrogen (secondary N) is 1. The number of methoxy groups -OCH3 is 1. The number of hydrogen-bond donors (Lipinski definition) is 1. The van der Waals surface area contributed by atoms with Crippen LogP contribution in [0.15, 0.2) is 42.5 Å². The van der Waals surface area contributed by atoms with E-state index in [1.54, 1.807) is 7.11 Å². The van der Waals surface area contributed by atoms with Crippen LogP contribution < -0.4 is 4.74 Å². The third kappa shape index (κ3) is 3.36. The van der Waals surface area contributed by atoms with Crippen molar-refractivity contribution in [1.29, 1.82) is 0 Å². The second-order valence-corrected chi connectivity index (χ2v) is 8.14. The number of aromatic amines is 1. The predicted molar refractivity (Wildman–Crippen MR) is 118 cm³/mol. The molecule has 5 nitrogen and oxygen atoms in total. The predicted octanol–water partition coefficient (Wildman–Crippen LogP) is 4.90. The smallest absolute Gasteiger partial charge is 0.130 e. The van der Waals surface area contributed by atoms with Crippen LogP contribution in [-0.4, -0.2) is 47.1 Å². The quantitative estimate of drug-likeness (QED) is 0.544. The average Bonchev–Trinajstić information content (AvgIpc) is 3.11. The Hall–Kier alpha value is -2.92. The van der Waals surface area contributed by atoms with Crippen molar-refractivity contribution >= 4 is 21.9 Å². The number of aryl methyl sites for hydroxylation is 1. The summed E-state index contributed by atoms with van der Waals surface area (Å²) < 4.78 is 5.66. The summed E-state index contributed by atoms with van der Waals surface area (Å²) >= 11 is 0. The first-order chi connectivity index (χ1) is 14.1. The number of piperidine rings is 1. The maximum Gasteiger partial charge on any atom is 0.130 e. The summed E-state index contributed by atoms with van der Waals surface area (Å²) in [4.78, 5) is 15.6. The highest BCUT2D eigenvalue weighted by atomic mass is 16.5. The van der Waals surface area contributed by atoms with Gasteiger partial charge in [0.2, 0.25) is 0 Å². The van der Waals surface area contributed by atoms with Gasteiger partial charge < -0.3 is 14.6 Å². The molecule has 1 aromatic carbocycles. The first-order valence-corrected chi connectivity index (χ1v) is 10.2. The van der Waals surface area contributed by atoms with Gasteiger partial charge in [0.1, 0.15) is 5.75 Å². The van der Waals surface area contributed by atoms with Crippen LogP contribution in [0.1, 0.15) is 30.1 Å². The molecule has 0 saturated carbocycles. The first kappa shape index (κ1) is 18.1. The van der Waals surface area contributed by atoms with E-state index >= 15 is 0 Å². The van der Waals surface area contributed by atoms with Gasteiger partial charge in [-0.05, 0) is 76.3 Å². The summed E-state index contributed by atoms with van der Waals surface area (Å²) in [7, 11) is 3.90. The van der Waals surface area contributed by atoms with Gasteiger partial charge in [-0.2, -0.15) is 0 Å². The Morgan fingerprint density at radius 1 is 1.00 bits per heavy atom. The van der Waals surface area contributed by atoms with Crippen molar-refractivity contribution in [2.45, 2.75) is 25.7 Å². The molecule has 0 radical (unpaired) electrons. The highest BCUT2D eigenvalue weighted by Crippen LogP contribution is 2.34. The molecule has 1 aliphatic rings. The number of nitrogens with zero attached hydrogens (tertiary/aromatic N) is 3. The number of pyridine rings is 2. The van der Waals surface area contributed by atoms with Crippen LogP contribution in [0, 0.1) is 6.92 Å². The van der Waals surface area contributed by atoms with Gasteiger partial charge in [0.15, 0.2) is 0 Å². The Morgan fingerprint density at radius 3 is 2.55 bits per heavy atom. The number of benzene rings is 1. The number of likely N-dealkylation sites (tertiary alicyclic amines) is 1. The standard InChI is InChI=1S/C24H26N4O/c1-15-12-17-13-18(24(29-3)14-23(17)25-15)20-5-7-21-22(27-20)6-4-19(26-21)16-8-10-28(2)11-9-16/h4-7,12-14,16,25H,8-11H2,1-3H3. The van der Waals surface area contributed by atoms with Gasteiger partial charge in [0.05, 0.1) is 23.8 Å². The number of rotatable bonds is 3. The Kier molecular flexibility index (Phi) is 4.47. The van der Waals surface area contributed by atoms with Crippen molar-refractivity contribution in [3.8, 4) is 17.0 Å². The number of H-pyrrole nitrogens is 1. The normalized spacial score (nSPS) is 16.0. The molecular weight excluding hydrogens is 360 g/mol. The molecule has 0 unspecified atom stereocenters. The van der Waals surface area contributed by atoms with Crippen molar-refractivity contribution in [2.75, 3.05) is 27.2 Å². The summed E-state index contributed by atoms with van der Waals surface area (Å²) in [6, 6.07) is 14.8. The topological polar surface area (TPSA) is 54.0 Å². The van der Waals surface area contributed by atoms with Gasteiger partial charge >= 0.3 is 0 Å². The van der Waals surface area contributed by atoms with Crippen LogP contribution in [0.2, 0.25) is 0 Å². The lowest BCUT2D eigenvalue weighted by Crippen LogP contribution is -2.29. The molecule has 3 aromatic heterocycles. The van der Waals surface area contributed by atoms with Crippen LogP contribution >= 0.6 is 0 Å². The van der Waals surface area contributed by atoms with Crippen LogP contribution in [-0.2, 0) is 0 Å². The van der Waals surface area contributed by atoms with Crippen LogP contribution in [0.3, 0.4) is 0 Å². The molecule has 5 heteroatoms. The minimum absolute atomic E-state index is 0.551. The van der Waals surface area contributed by atoms with Gasteiger partial charge in [-0.1, -0.05) is 0 Å². The van der Waals surface area contributed by atoms with Crippen molar-refractivity contribution in [1.82, 2.24) is 19.9 Å². The number of fused-ring (bicyclic) bond motifs is 2. The highest BCUT2D eigenvalue weighted by molar-refractivity contribution is 5.90. The van der Waals surface area contributed by atoms with E-state index in [2.05, 4.69) is 60.3 Å². The lowest BCUT2D eigenvalue weighted by Gasteiger charge is -2.28. The fraction of sp³-hybridized carbons (Fsp3) is 0.333. The molecular formula is C24H26N4O. The largest absolute Gasteiger partial charge is 0.496 e. The maximum atomic E-state index is 5.66. The zero-order valence-corrected chi connectivity index (χ0v) is 17.2. The van der Waals surface area contributed by atoms with Gasteiger partial charge in [-0.15, -0.1) is 0 Å². The number of hydrogen-bond acceptors (Lipinski definition) is 4. The highest BCUT2D eigenvalue weighted by Gasteiger charge is 2.20. The Balaban J connectivity index is 1.53. The molecule has 0 atom stereocenters. The molecule has 148 valence electrons. The second-order valence-electron chi connectivity index (χ2n) is 8.14. The van der Waals surface area contributed by atoms with Crippen molar-refractivity contribution in [3.05, 3.63) is 53.9 Å². The Morgan fingerprint density at radius 2 is 1.76 bits per heavy atom. The monoisotopic (exact) mass is 386 g/mol. The van der Waals surface area contributed by atoms with E-state index in [4.69, 9.17) is 14.7 Å². The van der Waals surface area contributed by atoms with E-state index < -0.39 is 0 Å². The Labute approximate surface area is 170 Å². The molecule has 1 fully saturated rings. The zero-order valence-electron chi connectivity index (χ0n) is 17.2. The fourth-order valence-electron chi connectivity index (χ4n) is 4.38. The maximum absolute atomic E-state index is 5.66. The third-order valence-corrected chi connectivity index (χ3v) is 6.05. The van der Waals surface area contributed by atoms with Gasteiger partial charge in [0, 0.05) is 39.8 Å². The van der Waals surface area contributed by atoms with E-state index in [1.165, 1.54) is 18.5 Å². The molecule has 0 amide bonds. The van der Waals surface area contributed by atoms with Crippen LogP contribution in [0.25, 0.3) is 33.2 Å². The minimum atomic E-state index is 0.551. The molecule has 1 saturated heterocycles. The molecule has 4 aromatic rings. The SMILES string of the molecule is COc1cc2[nH]c(C)cc2cc1-c1ccc2nc(C3CCN(C)CC3)ccc2n1. The third-order valence-electron chi connectivity index (χ3n) is 6.05. The van der Waals surface area contributed by atoms with E-state index in [-0.39, 0.29) is 0 Å². The molecule has 0 bridgehead atoms. The van der Waals surface area contributed by atoms with Crippen molar-refractivity contribution in [2.24, 2.45) is 0 Å². The zero-order chi connectivity index (χ0) is 20.0. The number of aromatic nitrogens is 3. The summed E-state index contributed by atoms with van der Waals surface area (Å²) in [6.45, 7) is 4.35. The summed E-state index contributed by atoms with van der Waals surface area (Å²) in [5.41, 5.74) is 7.20. The molecule has 1 aliphatic heterocycles. The summed E-state index contributed by atoms with van der Waals surface area (Å²) in [5, 5.41) is 1.16. The Bertz CT molecular complexity index is 1190. The van der Waals surface area contributed by atoms with Gasteiger partial charge in [-0.25, -0.2) is 4.98 Å². The molecule has 1 N–H and O–H groups in total. The molecule has 0 aliphatic carbocycles. The lowest BCUT2D eigenvalue weighted by molar-refractivity contribution is 0.253.